The average Bonchev–Trinajstić information content (AvgIpc) is 2.86. The van der Waals surface area contributed by atoms with Gasteiger partial charge in [-0.15, -0.1) is 0 Å². The van der Waals surface area contributed by atoms with Crippen LogP contribution in [0.1, 0.15) is 57.1 Å². The van der Waals surface area contributed by atoms with Gasteiger partial charge in [-0.25, -0.2) is 12.8 Å². The van der Waals surface area contributed by atoms with E-state index in [-0.39, 0.29) is 37.5 Å². The first-order valence-electron chi connectivity index (χ1n) is 12.7. The van der Waals surface area contributed by atoms with E-state index in [9.17, 15) is 35.6 Å². The normalized spacial score (nSPS) is 12.6. The summed E-state index contributed by atoms with van der Waals surface area (Å²) in [4.78, 5) is 27.6. The monoisotopic (exact) mass is 573 g/mol. The van der Waals surface area contributed by atoms with E-state index in [0.717, 1.165) is 41.6 Å². The molecule has 0 aliphatic rings. The third-order valence-corrected chi connectivity index (χ3v) is 7.29. The van der Waals surface area contributed by atoms with Crippen molar-refractivity contribution in [1.82, 2.24) is 10.2 Å². The summed E-state index contributed by atoms with van der Waals surface area (Å²) in [7, 11) is -3.96. The number of carbonyl (C=O) groups is 2. The van der Waals surface area contributed by atoms with Crippen molar-refractivity contribution in [2.75, 3.05) is 23.7 Å². The lowest BCUT2D eigenvalue weighted by Crippen LogP contribution is -2.49. The Morgan fingerprint density at radius 1 is 1.03 bits per heavy atom. The molecule has 0 saturated heterocycles. The summed E-state index contributed by atoms with van der Waals surface area (Å²) in [5.41, 5.74) is -0.550. The lowest BCUT2D eigenvalue weighted by atomic mass is 10.1. The number of carbonyl (C=O) groups excluding carboxylic acids is 2. The minimum atomic E-state index is -4.65. The molecule has 0 radical (unpaired) electrons. The number of nitrogens with one attached hydrogen (secondary N) is 1. The van der Waals surface area contributed by atoms with Crippen molar-refractivity contribution in [3.63, 3.8) is 0 Å². The van der Waals surface area contributed by atoms with Gasteiger partial charge in [-0.05, 0) is 55.2 Å². The lowest BCUT2D eigenvalue weighted by molar-refractivity contribution is -0.141. The molecule has 216 valence electrons. The number of hydrogen-bond acceptors (Lipinski definition) is 4. The number of amides is 2. The molecule has 0 aliphatic carbocycles. The lowest BCUT2D eigenvalue weighted by Gasteiger charge is -2.31. The molecule has 0 heterocycles. The smallest absolute Gasteiger partial charge is 0.354 e. The second-order valence-electron chi connectivity index (χ2n) is 9.20. The van der Waals surface area contributed by atoms with Gasteiger partial charge in [-0.2, -0.15) is 13.2 Å². The van der Waals surface area contributed by atoms with E-state index in [1.807, 2.05) is 6.92 Å². The molecule has 2 aromatic rings. The van der Waals surface area contributed by atoms with Crippen LogP contribution in [-0.4, -0.2) is 50.5 Å². The highest BCUT2D eigenvalue weighted by atomic mass is 32.2. The maximum Gasteiger partial charge on any atom is 0.416 e. The largest absolute Gasteiger partial charge is 0.416 e. The summed E-state index contributed by atoms with van der Waals surface area (Å²) in [6, 6.07) is 8.68. The van der Waals surface area contributed by atoms with Gasteiger partial charge in [0, 0.05) is 26.1 Å². The van der Waals surface area contributed by atoms with Crippen LogP contribution in [0.2, 0.25) is 0 Å². The number of benzene rings is 2. The van der Waals surface area contributed by atoms with Crippen molar-refractivity contribution in [3.05, 3.63) is 65.5 Å². The fourth-order valence-corrected chi connectivity index (χ4v) is 5.01. The summed E-state index contributed by atoms with van der Waals surface area (Å²) >= 11 is 0. The third kappa shape index (κ3) is 9.83. The summed E-state index contributed by atoms with van der Waals surface area (Å²) in [5.74, 6) is -1.21. The minimum Gasteiger partial charge on any atom is -0.354 e. The van der Waals surface area contributed by atoms with Gasteiger partial charge in [-0.1, -0.05) is 38.5 Å². The number of halogens is 4. The van der Waals surface area contributed by atoms with E-state index in [0.29, 0.717) is 18.5 Å². The Kier molecular flexibility index (Phi) is 11.8. The molecule has 0 aromatic heterocycles. The van der Waals surface area contributed by atoms with Crippen LogP contribution in [0, 0.1) is 5.82 Å². The van der Waals surface area contributed by atoms with Gasteiger partial charge in [0.05, 0.1) is 17.5 Å². The first kappa shape index (κ1) is 32.1. The van der Waals surface area contributed by atoms with Crippen molar-refractivity contribution in [2.24, 2.45) is 0 Å². The number of alkyl halides is 3. The van der Waals surface area contributed by atoms with Gasteiger partial charge < -0.3 is 10.2 Å². The van der Waals surface area contributed by atoms with Crippen LogP contribution in [0.15, 0.2) is 48.5 Å². The van der Waals surface area contributed by atoms with Gasteiger partial charge in [0.1, 0.15) is 11.9 Å². The van der Waals surface area contributed by atoms with E-state index in [1.165, 1.54) is 35.2 Å². The quantitative estimate of drug-likeness (QED) is 0.251. The van der Waals surface area contributed by atoms with Gasteiger partial charge >= 0.3 is 6.18 Å². The molecule has 0 saturated carbocycles. The number of rotatable bonds is 14. The number of anilines is 1. The fourth-order valence-electron chi connectivity index (χ4n) is 4.05. The van der Waals surface area contributed by atoms with E-state index in [4.69, 9.17) is 0 Å². The summed E-state index contributed by atoms with van der Waals surface area (Å²) in [5, 5.41) is 2.83. The van der Waals surface area contributed by atoms with Crippen LogP contribution < -0.4 is 9.62 Å². The Bertz CT molecular complexity index is 1200. The predicted octanol–water partition coefficient (Wildman–Crippen LogP) is 5.11. The first-order valence-corrected chi connectivity index (χ1v) is 14.6. The van der Waals surface area contributed by atoms with Gasteiger partial charge in [0.15, 0.2) is 0 Å². The molecule has 7 nitrogen and oxygen atoms in total. The van der Waals surface area contributed by atoms with Gasteiger partial charge in [-0.3, -0.25) is 13.9 Å². The molecule has 1 N–H and O–H groups in total. The molecule has 0 bridgehead atoms. The van der Waals surface area contributed by atoms with Crippen molar-refractivity contribution < 1.29 is 35.6 Å². The SMILES string of the molecule is CCCCNC(=O)C(CC)N(Cc1ccc(F)cc1)C(=O)CCCN(c1cccc(C(F)(F)F)c1)S(C)(=O)=O. The highest BCUT2D eigenvalue weighted by Gasteiger charge is 2.32. The molecule has 0 spiro atoms. The van der Waals surface area contributed by atoms with Crippen molar-refractivity contribution in [2.45, 2.75) is 64.7 Å². The van der Waals surface area contributed by atoms with Crippen LogP contribution in [0.4, 0.5) is 23.2 Å². The van der Waals surface area contributed by atoms with E-state index in [2.05, 4.69) is 5.32 Å². The Morgan fingerprint density at radius 2 is 1.69 bits per heavy atom. The van der Waals surface area contributed by atoms with Gasteiger partial charge in [0.2, 0.25) is 21.8 Å². The maximum atomic E-state index is 13.4. The second-order valence-corrected chi connectivity index (χ2v) is 11.1. The maximum absolute atomic E-state index is 13.4. The summed E-state index contributed by atoms with van der Waals surface area (Å²) < 4.78 is 78.6. The number of sulfonamides is 1. The Labute approximate surface area is 227 Å². The average molecular weight is 574 g/mol. The molecule has 39 heavy (non-hydrogen) atoms. The van der Waals surface area contributed by atoms with Crippen molar-refractivity contribution in [1.29, 1.82) is 0 Å². The van der Waals surface area contributed by atoms with E-state index in [1.54, 1.807) is 6.92 Å². The van der Waals surface area contributed by atoms with Crippen LogP contribution in [0.5, 0.6) is 0 Å². The molecule has 2 rings (SSSR count). The molecule has 0 aliphatic heterocycles. The molecule has 1 atom stereocenters. The van der Waals surface area contributed by atoms with Crippen LogP contribution in [-0.2, 0) is 32.3 Å². The van der Waals surface area contributed by atoms with Crippen LogP contribution >= 0.6 is 0 Å². The first-order chi connectivity index (χ1) is 18.3. The van der Waals surface area contributed by atoms with E-state index < -0.39 is 39.5 Å². The zero-order chi connectivity index (χ0) is 29.2. The Balaban J connectivity index is 2.23. The highest BCUT2D eigenvalue weighted by molar-refractivity contribution is 7.92. The number of unbranched alkanes of at least 4 members (excludes halogenated alkanes) is 1. The topological polar surface area (TPSA) is 86.8 Å². The molecule has 2 amide bonds. The predicted molar refractivity (Wildman–Crippen MR) is 142 cm³/mol. The fraction of sp³-hybridized carbons (Fsp3) is 0.481. The molecule has 2 aromatic carbocycles. The zero-order valence-corrected chi connectivity index (χ0v) is 23.1. The summed E-state index contributed by atoms with van der Waals surface area (Å²) in [6.45, 7) is 3.98. The standard InChI is InChI=1S/C27H35F4N3O4S/c1-4-6-16-32-26(36)24(5-2)33(19-20-12-14-22(28)15-13-20)25(35)11-8-17-34(39(3,37)38)23-10-7-9-21(18-23)27(29,30)31/h7,9-10,12-15,18,24H,4-6,8,11,16-17,19H2,1-3H3,(H,32,36). The number of nitrogens with zero attached hydrogens (tertiary/aromatic N) is 2. The third-order valence-electron chi connectivity index (χ3n) is 6.10. The molecule has 12 heteroatoms. The summed E-state index contributed by atoms with van der Waals surface area (Å²) in [6.07, 6.45) is -1.99. The van der Waals surface area contributed by atoms with Crippen LogP contribution in [0.3, 0.4) is 0 Å². The molecular weight excluding hydrogens is 538 g/mol. The van der Waals surface area contributed by atoms with Gasteiger partial charge in [0.25, 0.3) is 0 Å². The van der Waals surface area contributed by atoms with Crippen LogP contribution in [0.25, 0.3) is 0 Å². The van der Waals surface area contributed by atoms with Crippen molar-refractivity contribution >= 4 is 27.5 Å². The van der Waals surface area contributed by atoms with E-state index >= 15 is 0 Å². The Morgan fingerprint density at radius 3 is 2.26 bits per heavy atom. The molecule has 1 unspecified atom stereocenters. The molecule has 0 fully saturated rings. The minimum absolute atomic E-state index is 0.00401. The zero-order valence-electron chi connectivity index (χ0n) is 22.3. The highest BCUT2D eigenvalue weighted by Crippen LogP contribution is 2.32. The second kappa shape index (κ2) is 14.3. The van der Waals surface area contributed by atoms with Crippen molar-refractivity contribution in [3.8, 4) is 0 Å². The Hall–Kier alpha value is -3.15. The molecular formula is C27H35F4N3O4S. The number of hydrogen-bond donors (Lipinski definition) is 1.